The number of piperazine rings is 1. The van der Waals surface area contributed by atoms with Gasteiger partial charge in [0.25, 0.3) is 11.7 Å². The fourth-order valence-electron chi connectivity index (χ4n) is 3.52. The van der Waals surface area contributed by atoms with Crippen LogP contribution in [0.15, 0.2) is 79.0 Å². The molecule has 0 atom stereocenters. The van der Waals surface area contributed by atoms with Gasteiger partial charge in [-0.3, -0.25) is 9.69 Å². The summed E-state index contributed by atoms with van der Waals surface area (Å²) in [5, 5.41) is 3.02. The monoisotopic (exact) mass is 390 g/mol. The van der Waals surface area contributed by atoms with E-state index in [1.807, 2.05) is 72.9 Å². The van der Waals surface area contributed by atoms with Crippen molar-refractivity contribution in [3.8, 4) is 11.5 Å². The summed E-state index contributed by atoms with van der Waals surface area (Å²) in [5.74, 6) is 2.52. The van der Waals surface area contributed by atoms with Crippen molar-refractivity contribution in [3.05, 3.63) is 79.0 Å². The minimum absolute atomic E-state index is 0.00355. The zero-order valence-corrected chi connectivity index (χ0v) is 16.3. The minimum Gasteiger partial charge on any atom is -0.455 e. The smallest absolute Gasteiger partial charge is 0.279 e. The zero-order valence-electron chi connectivity index (χ0n) is 16.3. The van der Waals surface area contributed by atoms with E-state index in [1.54, 1.807) is 0 Å². The number of nitrogens with one attached hydrogen (secondary N) is 3. The van der Waals surface area contributed by atoms with E-state index < -0.39 is 0 Å². The van der Waals surface area contributed by atoms with Crippen molar-refractivity contribution in [2.75, 3.05) is 42.9 Å². The molecule has 3 N–H and O–H groups in total. The van der Waals surface area contributed by atoms with Crippen LogP contribution >= 0.6 is 0 Å². The Morgan fingerprint density at radius 1 is 0.966 bits per heavy atom. The molecular weight excluding hydrogens is 364 g/mol. The number of aromatic nitrogens is 1. The number of nitrogens with zero attached hydrogens (tertiary/aromatic N) is 1. The SMILES string of the molecule is O=C(C[NH+]1CCN(c2cccc[nH+]2)CC1)Nc1ccccc1Oc1ccccc1. The molecule has 1 aliphatic heterocycles. The zero-order chi connectivity index (χ0) is 19.9. The number of hydrogen-bond donors (Lipinski definition) is 2. The highest BCUT2D eigenvalue weighted by Gasteiger charge is 2.27. The molecule has 2 heterocycles. The predicted molar refractivity (Wildman–Crippen MR) is 112 cm³/mol. The van der Waals surface area contributed by atoms with E-state index in [2.05, 4.69) is 21.3 Å². The van der Waals surface area contributed by atoms with Crippen LogP contribution in [0.4, 0.5) is 11.5 Å². The summed E-state index contributed by atoms with van der Waals surface area (Å²) >= 11 is 0. The third kappa shape index (κ3) is 5.12. The van der Waals surface area contributed by atoms with Crippen LogP contribution in [0.5, 0.6) is 11.5 Å². The molecular formula is C23H26N4O2+2. The quantitative estimate of drug-likeness (QED) is 0.673. The summed E-state index contributed by atoms with van der Waals surface area (Å²) in [6.07, 6.45) is 1.94. The molecule has 0 spiro atoms. The number of ether oxygens (including phenoxy) is 1. The van der Waals surface area contributed by atoms with E-state index in [9.17, 15) is 4.79 Å². The lowest BCUT2D eigenvalue weighted by Gasteiger charge is -2.27. The number of aromatic amines is 1. The van der Waals surface area contributed by atoms with E-state index in [1.165, 1.54) is 4.90 Å². The van der Waals surface area contributed by atoms with Crippen LogP contribution in [-0.4, -0.2) is 38.6 Å². The van der Waals surface area contributed by atoms with Crippen LogP contribution in [-0.2, 0) is 4.79 Å². The average molecular weight is 390 g/mol. The number of benzene rings is 2. The summed E-state index contributed by atoms with van der Waals surface area (Å²) in [5.41, 5.74) is 0.693. The molecule has 29 heavy (non-hydrogen) atoms. The Morgan fingerprint density at radius 3 is 2.45 bits per heavy atom. The first-order valence-corrected chi connectivity index (χ1v) is 9.95. The third-order valence-electron chi connectivity index (χ3n) is 5.05. The minimum atomic E-state index is 0.00355. The van der Waals surface area contributed by atoms with Crippen LogP contribution < -0.4 is 24.8 Å². The number of carbonyl (C=O) groups is 1. The van der Waals surface area contributed by atoms with Crippen molar-refractivity contribution in [3.63, 3.8) is 0 Å². The number of carbonyl (C=O) groups excluding carboxylic acids is 1. The maximum atomic E-state index is 12.6. The van der Waals surface area contributed by atoms with Gasteiger partial charge in [0, 0.05) is 6.07 Å². The summed E-state index contributed by atoms with van der Waals surface area (Å²) in [6.45, 7) is 4.16. The summed E-state index contributed by atoms with van der Waals surface area (Å²) < 4.78 is 5.93. The summed E-state index contributed by atoms with van der Waals surface area (Å²) in [7, 11) is 0. The van der Waals surface area contributed by atoms with Gasteiger partial charge in [-0.1, -0.05) is 36.4 Å². The summed E-state index contributed by atoms with van der Waals surface area (Å²) in [4.78, 5) is 19.5. The van der Waals surface area contributed by atoms with Crippen LogP contribution in [0.1, 0.15) is 0 Å². The molecule has 1 aromatic heterocycles. The molecule has 148 valence electrons. The largest absolute Gasteiger partial charge is 0.455 e. The summed E-state index contributed by atoms with van der Waals surface area (Å²) in [6, 6.07) is 23.2. The lowest BCUT2D eigenvalue weighted by atomic mass is 10.2. The van der Waals surface area contributed by atoms with E-state index in [4.69, 9.17) is 4.74 Å². The van der Waals surface area contributed by atoms with Gasteiger partial charge in [0.1, 0.15) is 31.9 Å². The van der Waals surface area contributed by atoms with E-state index >= 15 is 0 Å². The number of quaternary nitrogens is 1. The van der Waals surface area contributed by atoms with Crippen LogP contribution in [0.3, 0.4) is 0 Å². The van der Waals surface area contributed by atoms with E-state index in [0.717, 1.165) is 37.7 Å². The van der Waals surface area contributed by atoms with Gasteiger partial charge in [-0.15, -0.1) is 0 Å². The maximum absolute atomic E-state index is 12.6. The Labute approximate surface area is 170 Å². The molecule has 0 bridgehead atoms. The van der Waals surface area contributed by atoms with Crippen molar-refractivity contribution in [1.82, 2.24) is 0 Å². The van der Waals surface area contributed by atoms with Crippen LogP contribution in [0.25, 0.3) is 0 Å². The first-order chi connectivity index (χ1) is 14.3. The number of anilines is 2. The standard InChI is InChI=1S/C23H24N4O2/c28-23(18-26-14-16-27(17-15-26)22-12-6-7-13-24-22)25-20-10-4-5-11-21(20)29-19-8-2-1-3-9-19/h1-13H,14-18H2,(H,25,28)/p+2. The maximum Gasteiger partial charge on any atom is 0.279 e. The molecule has 0 saturated carbocycles. The number of rotatable bonds is 6. The highest BCUT2D eigenvalue weighted by molar-refractivity contribution is 5.93. The Balaban J connectivity index is 1.31. The van der Waals surface area contributed by atoms with Crippen molar-refractivity contribution in [2.45, 2.75) is 0 Å². The number of amides is 1. The molecule has 2 aromatic carbocycles. The second-order valence-electron chi connectivity index (χ2n) is 7.12. The average Bonchev–Trinajstić information content (AvgIpc) is 2.77. The molecule has 1 fully saturated rings. The highest BCUT2D eigenvalue weighted by atomic mass is 16.5. The van der Waals surface area contributed by atoms with Gasteiger partial charge < -0.3 is 15.0 Å². The molecule has 0 aliphatic carbocycles. The Morgan fingerprint density at radius 2 is 1.69 bits per heavy atom. The van der Waals surface area contributed by atoms with Gasteiger partial charge in [0.05, 0.1) is 11.9 Å². The molecule has 6 nitrogen and oxygen atoms in total. The van der Waals surface area contributed by atoms with Gasteiger partial charge in [0.2, 0.25) is 0 Å². The predicted octanol–water partition coefficient (Wildman–Crippen LogP) is 1.64. The second kappa shape index (κ2) is 9.21. The molecule has 0 radical (unpaired) electrons. The number of para-hydroxylation sites is 3. The van der Waals surface area contributed by atoms with Crippen molar-refractivity contribution in [1.29, 1.82) is 0 Å². The van der Waals surface area contributed by atoms with Crippen molar-refractivity contribution >= 4 is 17.4 Å². The first-order valence-electron chi connectivity index (χ1n) is 9.95. The number of hydrogen-bond acceptors (Lipinski definition) is 3. The number of H-pyrrole nitrogens is 1. The second-order valence-corrected chi connectivity index (χ2v) is 7.12. The Bertz CT molecular complexity index is 926. The lowest BCUT2D eigenvalue weighted by molar-refractivity contribution is -0.892. The van der Waals surface area contributed by atoms with Crippen LogP contribution in [0, 0.1) is 0 Å². The van der Waals surface area contributed by atoms with E-state index in [0.29, 0.717) is 18.0 Å². The van der Waals surface area contributed by atoms with Gasteiger partial charge in [-0.2, -0.15) is 0 Å². The molecule has 3 aromatic rings. The first kappa shape index (κ1) is 19.0. The molecule has 1 saturated heterocycles. The van der Waals surface area contributed by atoms with E-state index in [-0.39, 0.29) is 5.91 Å². The Hall–Kier alpha value is -3.38. The highest BCUT2D eigenvalue weighted by Crippen LogP contribution is 2.28. The third-order valence-corrected chi connectivity index (χ3v) is 5.05. The fraction of sp³-hybridized carbons (Fsp3) is 0.217. The lowest BCUT2D eigenvalue weighted by Crippen LogP contribution is -3.15. The van der Waals surface area contributed by atoms with Gasteiger partial charge in [-0.05, 0) is 30.3 Å². The fourth-order valence-corrected chi connectivity index (χ4v) is 3.52. The van der Waals surface area contributed by atoms with Crippen molar-refractivity contribution in [2.24, 2.45) is 0 Å². The van der Waals surface area contributed by atoms with Gasteiger partial charge in [-0.25, -0.2) is 4.98 Å². The molecule has 1 amide bonds. The molecule has 0 unspecified atom stereocenters. The normalized spacial score (nSPS) is 14.4. The van der Waals surface area contributed by atoms with Crippen molar-refractivity contribution < 1.29 is 19.4 Å². The Kier molecular flexibility index (Phi) is 6.02. The van der Waals surface area contributed by atoms with Gasteiger partial charge in [0.15, 0.2) is 12.3 Å². The van der Waals surface area contributed by atoms with Gasteiger partial charge >= 0.3 is 0 Å². The van der Waals surface area contributed by atoms with Crippen LogP contribution in [0.2, 0.25) is 0 Å². The topological polar surface area (TPSA) is 60.2 Å². The number of pyridine rings is 1. The molecule has 6 heteroatoms. The molecule has 4 rings (SSSR count). The molecule has 1 aliphatic rings.